The van der Waals surface area contributed by atoms with Gasteiger partial charge in [-0.2, -0.15) is 13.5 Å². The number of aliphatic hydroxyl groups is 1. The van der Waals surface area contributed by atoms with Crippen molar-refractivity contribution in [1.29, 1.82) is 0 Å². The maximum atomic E-state index is 10.0. The lowest BCUT2D eigenvalue weighted by Crippen LogP contribution is -2.38. The lowest BCUT2D eigenvalue weighted by atomic mass is 10.1. The van der Waals surface area contributed by atoms with Gasteiger partial charge in [-0.15, -0.1) is 0 Å². The highest BCUT2D eigenvalue weighted by molar-refractivity contribution is 7.59. The molecule has 0 fully saturated rings. The van der Waals surface area contributed by atoms with Crippen LogP contribution in [0.25, 0.3) is 0 Å². The number of aromatic nitrogens is 1. The van der Waals surface area contributed by atoms with Gasteiger partial charge in [-0.1, -0.05) is 6.07 Å². The Hall–Kier alpha value is -0.780. The molecule has 1 atom stereocenters. The van der Waals surface area contributed by atoms with Crippen LogP contribution in [0.4, 0.5) is 5.82 Å². The number of pyridine rings is 1. The molecule has 0 amide bonds. The standard InChI is InChI=1S/C12H21N3O.H2S/c1-12(2,3)14-8-10(16)9-6-5-7-11(13-4)15-9;/h5-7,10,14,16H,8H2,1-4H3,(H,13,15);1H2/t10-;/m0./s1/i4D3;. The molecule has 0 saturated carbocycles. The van der Waals surface area contributed by atoms with Crippen LogP contribution < -0.4 is 10.6 Å². The summed E-state index contributed by atoms with van der Waals surface area (Å²) in [5, 5.41) is 15.5. The summed E-state index contributed by atoms with van der Waals surface area (Å²) in [6.45, 7) is 4.06. The van der Waals surface area contributed by atoms with E-state index in [0.29, 0.717) is 12.2 Å². The van der Waals surface area contributed by atoms with Gasteiger partial charge in [0.15, 0.2) is 0 Å². The lowest BCUT2D eigenvalue weighted by Gasteiger charge is -2.22. The van der Waals surface area contributed by atoms with E-state index in [1.54, 1.807) is 18.2 Å². The number of hydrogen-bond acceptors (Lipinski definition) is 4. The summed E-state index contributed by atoms with van der Waals surface area (Å²) in [6.07, 6.45) is -0.780. The quantitative estimate of drug-likeness (QED) is 0.770. The van der Waals surface area contributed by atoms with Gasteiger partial charge < -0.3 is 15.7 Å². The highest BCUT2D eigenvalue weighted by Gasteiger charge is 2.14. The van der Waals surface area contributed by atoms with E-state index in [-0.39, 0.29) is 24.9 Å². The minimum absolute atomic E-state index is 0. The zero-order valence-electron chi connectivity index (χ0n) is 13.4. The lowest BCUT2D eigenvalue weighted by molar-refractivity contribution is 0.159. The Kier molecular flexibility index (Phi) is 4.55. The maximum absolute atomic E-state index is 10.0. The molecule has 0 unspecified atom stereocenters. The Bertz CT molecular complexity index is 421. The average Bonchev–Trinajstić information content (AvgIpc) is 2.23. The maximum Gasteiger partial charge on any atom is 0.126 e. The molecule has 0 aliphatic rings. The molecule has 5 heteroatoms. The van der Waals surface area contributed by atoms with E-state index >= 15 is 0 Å². The number of anilines is 1. The largest absolute Gasteiger partial charge is 0.385 e. The summed E-state index contributed by atoms with van der Waals surface area (Å²) in [5.41, 5.74) is 0.334. The van der Waals surface area contributed by atoms with Crippen molar-refractivity contribution in [2.75, 3.05) is 18.8 Å². The molecule has 0 bridgehead atoms. The molecule has 0 aromatic carbocycles. The molecule has 3 N–H and O–H groups in total. The minimum atomic E-state index is -2.29. The fourth-order valence-corrected chi connectivity index (χ4v) is 1.21. The van der Waals surface area contributed by atoms with Crippen molar-refractivity contribution in [3.05, 3.63) is 23.9 Å². The third kappa shape index (κ3) is 5.91. The van der Waals surface area contributed by atoms with Gasteiger partial charge in [0.25, 0.3) is 0 Å². The Balaban J connectivity index is 0.00000361. The highest BCUT2D eigenvalue weighted by atomic mass is 32.1. The van der Waals surface area contributed by atoms with E-state index in [4.69, 9.17) is 4.11 Å². The van der Waals surface area contributed by atoms with Gasteiger partial charge >= 0.3 is 0 Å². The second-order valence-corrected chi connectivity index (χ2v) is 4.72. The monoisotopic (exact) mass is 260 g/mol. The van der Waals surface area contributed by atoms with Crippen LogP contribution in [-0.2, 0) is 0 Å². The first kappa shape index (κ1) is 11.3. The van der Waals surface area contributed by atoms with Crippen LogP contribution in [0.1, 0.15) is 36.7 Å². The molecule has 17 heavy (non-hydrogen) atoms. The molecule has 4 nitrogen and oxygen atoms in total. The van der Waals surface area contributed by atoms with E-state index in [1.165, 1.54) is 0 Å². The Morgan fingerprint density at radius 2 is 2.18 bits per heavy atom. The van der Waals surface area contributed by atoms with Gasteiger partial charge in [-0.25, -0.2) is 4.98 Å². The number of nitrogens with one attached hydrogen (secondary N) is 2. The molecular weight excluding hydrogens is 234 g/mol. The molecule has 1 aromatic rings. The molecule has 1 heterocycles. The fourth-order valence-electron chi connectivity index (χ4n) is 1.21. The molecule has 1 aromatic heterocycles. The molecule has 0 spiro atoms. The van der Waals surface area contributed by atoms with Crippen LogP contribution in [0.15, 0.2) is 18.2 Å². The van der Waals surface area contributed by atoms with Crippen LogP contribution in [0.5, 0.6) is 0 Å². The van der Waals surface area contributed by atoms with Gasteiger partial charge in [-0.05, 0) is 32.9 Å². The second kappa shape index (κ2) is 6.83. The molecule has 0 aliphatic heterocycles. The van der Waals surface area contributed by atoms with E-state index in [0.717, 1.165) is 0 Å². The fraction of sp³-hybridized carbons (Fsp3) is 0.583. The van der Waals surface area contributed by atoms with Crippen molar-refractivity contribution in [3.63, 3.8) is 0 Å². The zero-order valence-corrected chi connectivity index (χ0v) is 11.4. The van der Waals surface area contributed by atoms with Crippen LogP contribution in [0.3, 0.4) is 0 Å². The van der Waals surface area contributed by atoms with Crippen LogP contribution in [0, 0.1) is 0 Å². The number of rotatable bonds is 4. The third-order valence-corrected chi connectivity index (χ3v) is 2.07. The normalized spacial score (nSPS) is 16.1. The van der Waals surface area contributed by atoms with Gasteiger partial charge in [-0.3, -0.25) is 0 Å². The van der Waals surface area contributed by atoms with Crippen molar-refractivity contribution in [2.24, 2.45) is 0 Å². The van der Waals surface area contributed by atoms with Crippen LogP contribution in [-0.4, -0.2) is 29.2 Å². The number of hydrogen-bond donors (Lipinski definition) is 3. The van der Waals surface area contributed by atoms with Crippen molar-refractivity contribution >= 4 is 19.3 Å². The summed E-state index contributed by atoms with van der Waals surface area (Å²) < 4.78 is 21.4. The topological polar surface area (TPSA) is 57.2 Å². The SMILES string of the molecule is S.[2H]C([2H])([2H])Nc1cccc([C@@H](O)CNC(C)(C)C)n1. The third-order valence-electron chi connectivity index (χ3n) is 2.07. The van der Waals surface area contributed by atoms with Gasteiger partial charge in [0.2, 0.25) is 0 Å². The molecule has 1 rings (SSSR count). The molecule has 0 saturated heterocycles. The average molecular weight is 260 g/mol. The Morgan fingerprint density at radius 3 is 2.76 bits per heavy atom. The summed E-state index contributed by atoms with van der Waals surface area (Å²) >= 11 is 0. The summed E-state index contributed by atoms with van der Waals surface area (Å²) in [6, 6.07) is 4.89. The number of aliphatic hydroxyl groups excluding tert-OH is 1. The Morgan fingerprint density at radius 1 is 1.47 bits per heavy atom. The summed E-state index contributed by atoms with van der Waals surface area (Å²) in [4.78, 5) is 4.10. The first-order chi connectivity index (χ1) is 8.57. The predicted octanol–water partition coefficient (Wildman–Crippen LogP) is 1.66. The number of β-amino-alcohol motifs (C(OH)–C–C–N with tert-alkyl or cyclic N) is 1. The highest BCUT2D eigenvalue weighted by Crippen LogP contribution is 2.13. The van der Waals surface area contributed by atoms with E-state index in [1.807, 2.05) is 20.8 Å². The van der Waals surface area contributed by atoms with Crippen molar-refractivity contribution in [2.45, 2.75) is 32.4 Å². The number of nitrogens with zero attached hydrogens (tertiary/aromatic N) is 1. The van der Waals surface area contributed by atoms with Gasteiger partial charge in [0, 0.05) is 23.2 Å². The van der Waals surface area contributed by atoms with Crippen molar-refractivity contribution in [3.8, 4) is 0 Å². The minimum Gasteiger partial charge on any atom is -0.385 e. The predicted molar refractivity (Wildman–Crippen MR) is 76.9 cm³/mol. The van der Waals surface area contributed by atoms with Gasteiger partial charge in [0.1, 0.15) is 11.9 Å². The molecule has 0 aliphatic carbocycles. The zero-order chi connectivity index (χ0) is 14.7. The van der Waals surface area contributed by atoms with E-state index in [2.05, 4.69) is 15.6 Å². The second-order valence-electron chi connectivity index (χ2n) is 4.72. The van der Waals surface area contributed by atoms with E-state index < -0.39 is 13.1 Å². The first-order valence-corrected chi connectivity index (χ1v) is 5.25. The van der Waals surface area contributed by atoms with Crippen molar-refractivity contribution in [1.82, 2.24) is 10.3 Å². The Labute approximate surface area is 115 Å². The summed E-state index contributed by atoms with van der Waals surface area (Å²) in [5.74, 6) is 0.229. The molecular formula is C12H23N3OS. The van der Waals surface area contributed by atoms with Crippen molar-refractivity contribution < 1.29 is 9.22 Å². The molecule has 98 valence electrons. The van der Waals surface area contributed by atoms with Crippen LogP contribution in [0.2, 0.25) is 0 Å². The first-order valence-electron chi connectivity index (χ1n) is 6.75. The molecule has 0 radical (unpaired) electrons. The van der Waals surface area contributed by atoms with E-state index in [9.17, 15) is 5.11 Å². The van der Waals surface area contributed by atoms with Crippen LogP contribution >= 0.6 is 13.5 Å². The smallest absolute Gasteiger partial charge is 0.126 e. The van der Waals surface area contributed by atoms with Gasteiger partial charge in [0.05, 0.1) is 5.69 Å². The summed E-state index contributed by atoms with van der Waals surface area (Å²) in [7, 11) is 0.